The second-order valence-electron chi connectivity index (χ2n) is 3.33. The molecule has 0 spiro atoms. The Morgan fingerprint density at radius 1 is 1.38 bits per heavy atom. The van der Waals surface area contributed by atoms with E-state index < -0.39 is 11.9 Å². The van der Waals surface area contributed by atoms with Gasteiger partial charge in [0.05, 0.1) is 12.7 Å². The Kier molecular flexibility index (Phi) is 3.50. The van der Waals surface area contributed by atoms with Gasteiger partial charge in [0.25, 0.3) is 0 Å². The number of aromatic carboxylic acids is 1. The van der Waals surface area contributed by atoms with E-state index in [-0.39, 0.29) is 5.56 Å². The van der Waals surface area contributed by atoms with Crippen LogP contribution >= 0.6 is 0 Å². The van der Waals surface area contributed by atoms with Crippen molar-refractivity contribution in [1.82, 2.24) is 4.98 Å². The van der Waals surface area contributed by atoms with Crippen molar-refractivity contribution in [2.24, 2.45) is 0 Å². The molecule has 2 N–H and O–H groups in total. The molecule has 1 aromatic rings. The van der Waals surface area contributed by atoms with Crippen LogP contribution in [0.25, 0.3) is 6.08 Å². The predicted octanol–water partition coefficient (Wildman–Crippen LogP) is 1.52. The molecule has 5 heteroatoms. The molecule has 1 heterocycles. The number of aromatic nitrogens is 1. The molecule has 86 valence electrons. The number of H-pyrrole nitrogens is 1. The maximum absolute atomic E-state index is 10.9. The van der Waals surface area contributed by atoms with E-state index >= 15 is 0 Å². The molecular formula is C11H13NO4. The van der Waals surface area contributed by atoms with E-state index in [1.54, 1.807) is 13.8 Å². The lowest BCUT2D eigenvalue weighted by molar-refractivity contribution is -0.134. The van der Waals surface area contributed by atoms with Gasteiger partial charge in [-0.15, -0.1) is 0 Å². The van der Waals surface area contributed by atoms with Crippen LogP contribution in [0.5, 0.6) is 0 Å². The molecule has 5 nitrogen and oxygen atoms in total. The van der Waals surface area contributed by atoms with Crippen LogP contribution in [-0.2, 0) is 9.53 Å². The van der Waals surface area contributed by atoms with Gasteiger partial charge in [-0.3, -0.25) is 0 Å². The number of carboxylic acids is 1. The van der Waals surface area contributed by atoms with Gasteiger partial charge in [-0.2, -0.15) is 0 Å². The summed E-state index contributed by atoms with van der Waals surface area (Å²) in [6.45, 7) is 3.36. The molecule has 0 aromatic carbocycles. The van der Waals surface area contributed by atoms with Gasteiger partial charge >= 0.3 is 11.9 Å². The number of carbonyl (C=O) groups is 2. The molecular weight excluding hydrogens is 210 g/mol. The van der Waals surface area contributed by atoms with Crippen molar-refractivity contribution in [3.63, 3.8) is 0 Å². The van der Waals surface area contributed by atoms with Crippen molar-refractivity contribution < 1.29 is 19.4 Å². The van der Waals surface area contributed by atoms with E-state index in [0.29, 0.717) is 17.0 Å². The van der Waals surface area contributed by atoms with E-state index in [9.17, 15) is 9.59 Å². The normalized spacial score (nSPS) is 10.7. The smallest absolute Gasteiger partial charge is 0.337 e. The molecule has 0 aliphatic rings. The zero-order valence-corrected chi connectivity index (χ0v) is 9.33. The number of carboxylic acid groups (broad SMARTS) is 1. The van der Waals surface area contributed by atoms with Gasteiger partial charge in [0.15, 0.2) is 0 Å². The van der Waals surface area contributed by atoms with Gasteiger partial charge in [-0.25, -0.2) is 9.59 Å². The molecule has 0 bridgehead atoms. The lowest BCUT2D eigenvalue weighted by atomic mass is 10.1. The number of ether oxygens (including phenoxy) is 1. The standard InChI is InChI=1S/C11H13NO4/c1-6-8(4-5-9(13)16-3)12-7(2)10(6)11(14)15/h4-5,12H,1-3H3,(H,14,15). The van der Waals surface area contributed by atoms with Crippen molar-refractivity contribution in [3.8, 4) is 0 Å². The Balaban J connectivity index is 3.08. The minimum atomic E-state index is -0.982. The van der Waals surface area contributed by atoms with Crippen LogP contribution in [0.2, 0.25) is 0 Å². The summed E-state index contributed by atoms with van der Waals surface area (Å²) < 4.78 is 4.44. The number of esters is 1. The van der Waals surface area contributed by atoms with Crippen LogP contribution in [-0.4, -0.2) is 29.1 Å². The van der Waals surface area contributed by atoms with Crippen LogP contribution in [0.1, 0.15) is 27.3 Å². The maximum atomic E-state index is 10.9. The number of aryl methyl sites for hydroxylation is 1. The second-order valence-corrected chi connectivity index (χ2v) is 3.33. The molecule has 0 amide bonds. The van der Waals surface area contributed by atoms with Gasteiger partial charge in [0, 0.05) is 17.5 Å². The maximum Gasteiger partial charge on any atom is 0.337 e. The van der Waals surface area contributed by atoms with Crippen molar-refractivity contribution in [2.75, 3.05) is 7.11 Å². The first kappa shape index (κ1) is 12.0. The highest BCUT2D eigenvalue weighted by Gasteiger charge is 2.15. The van der Waals surface area contributed by atoms with Gasteiger partial charge < -0.3 is 14.8 Å². The first-order valence-electron chi connectivity index (χ1n) is 4.65. The summed E-state index contributed by atoms with van der Waals surface area (Å²) >= 11 is 0. The first-order valence-corrected chi connectivity index (χ1v) is 4.65. The minimum absolute atomic E-state index is 0.240. The van der Waals surface area contributed by atoms with Crippen molar-refractivity contribution in [2.45, 2.75) is 13.8 Å². The average molecular weight is 223 g/mol. The van der Waals surface area contributed by atoms with Crippen LogP contribution in [0.3, 0.4) is 0 Å². The Bertz CT molecular complexity index is 457. The largest absolute Gasteiger partial charge is 0.478 e. The zero-order valence-electron chi connectivity index (χ0n) is 9.33. The molecule has 0 aliphatic heterocycles. The lowest BCUT2D eigenvalue weighted by Gasteiger charge is -1.94. The van der Waals surface area contributed by atoms with E-state index in [0.717, 1.165) is 0 Å². The van der Waals surface area contributed by atoms with Crippen molar-refractivity contribution >= 4 is 18.0 Å². The topological polar surface area (TPSA) is 79.4 Å². The zero-order chi connectivity index (χ0) is 12.3. The Morgan fingerprint density at radius 2 is 2.00 bits per heavy atom. The van der Waals surface area contributed by atoms with Crippen molar-refractivity contribution in [3.05, 3.63) is 28.6 Å². The molecule has 0 saturated carbocycles. The fourth-order valence-electron chi connectivity index (χ4n) is 1.48. The molecule has 1 aromatic heterocycles. The summed E-state index contributed by atoms with van der Waals surface area (Å²) in [4.78, 5) is 24.7. The third-order valence-corrected chi connectivity index (χ3v) is 2.28. The van der Waals surface area contributed by atoms with Crippen LogP contribution in [0.4, 0.5) is 0 Å². The van der Waals surface area contributed by atoms with E-state index in [2.05, 4.69) is 9.72 Å². The SMILES string of the molecule is COC(=O)C=Cc1[nH]c(C)c(C(=O)O)c1C. The van der Waals surface area contributed by atoms with E-state index in [4.69, 9.17) is 5.11 Å². The minimum Gasteiger partial charge on any atom is -0.478 e. The summed E-state index contributed by atoms with van der Waals surface area (Å²) in [5.74, 6) is -1.47. The molecule has 0 radical (unpaired) electrons. The second kappa shape index (κ2) is 4.65. The molecule has 0 aliphatic carbocycles. The van der Waals surface area contributed by atoms with Crippen LogP contribution < -0.4 is 0 Å². The molecule has 0 saturated heterocycles. The highest BCUT2D eigenvalue weighted by molar-refractivity contribution is 5.93. The highest BCUT2D eigenvalue weighted by atomic mass is 16.5. The predicted molar refractivity (Wildman–Crippen MR) is 58.3 cm³/mol. The molecule has 0 atom stereocenters. The quantitative estimate of drug-likeness (QED) is 0.601. The fraction of sp³-hybridized carbons (Fsp3) is 0.273. The first-order chi connectivity index (χ1) is 7.47. The Labute approximate surface area is 92.7 Å². The van der Waals surface area contributed by atoms with Crippen LogP contribution in [0, 0.1) is 13.8 Å². The van der Waals surface area contributed by atoms with Gasteiger partial charge in [0.1, 0.15) is 0 Å². The van der Waals surface area contributed by atoms with E-state index in [1.807, 2.05) is 0 Å². The number of carbonyl (C=O) groups excluding carboxylic acids is 1. The van der Waals surface area contributed by atoms with E-state index in [1.165, 1.54) is 19.3 Å². The third-order valence-electron chi connectivity index (χ3n) is 2.28. The molecule has 0 unspecified atom stereocenters. The number of hydrogen-bond donors (Lipinski definition) is 2. The summed E-state index contributed by atoms with van der Waals surface area (Å²) in [5, 5.41) is 8.95. The number of aromatic amines is 1. The summed E-state index contributed by atoms with van der Waals surface area (Å²) in [7, 11) is 1.28. The Morgan fingerprint density at radius 3 is 2.44 bits per heavy atom. The molecule has 1 rings (SSSR count). The Hall–Kier alpha value is -2.04. The third kappa shape index (κ3) is 2.31. The van der Waals surface area contributed by atoms with Gasteiger partial charge in [0.2, 0.25) is 0 Å². The number of rotatable bonds is 3. The summed E-state index contributed by atoms with van der Waals surface area (Å²) in [5.41, 5.74) is 2.00. The monoisotopic (exact) mass is 223 g/mol. The van der Waals surface area contributed by atoms with Gasteiger partial charge in [-0.05, 0) is 25.5 Å². The number of nitrogens with one attached hydrogen (secondary N) is 1. The highest BCUT2D eigenvalue weighted by Crippen LogP contribution is 2.18. The average Bonchev–Trinajstić information content (AvgIpc) is 2.50. The summed E-state index contributed by atoms with van der Waals surface area (Å²) in [6.07, 6.45) is 2.74. The van der Waals surface area contributed by atoms with Crippen molar-refractivity contribution in [1.29, 1.82) is 0 Å². The van der Waals surface area contributed by atoms with Gasteiger partial charge in [-0.1, -0.05) is 0 Å². The lowest BCUT2D eigenvalue weighted by Crippen LogP contribution is -1.98. The molecule has 16 heavy (non-hydrogen) atoms. The number of methoxy groups -OCH3 is 1. The molecule has 0 fully saturated rings. The summed E-state index contributed by atoms with van der Waals surface area (Å²) in [6, 6.07) is 0. The number of hydrogen-bond acceptors (Lipinski definition) is 3. The van der Waals surface area contributed by atoms with Crippen LogP contribution in [0.15, 0.2) is 6.08 Å². The fourth-order valence-corrected chi connectivity index (χ4v) is 1.48.